The minimum absolute atomic E-state index is 0.162. The van der Waals surface area contributed by atoms with Gasteiger partial charge in [0.2, 0.25) is 0 Å². The van der Waals surface area contributed by atoms with E-state index in [-0.39, 0.29) is 16.3 Å². The number of pyridine rings is 1. The summed E-state index contributed by atoms with van der Waals surface area (Å²) in [6.07, 6.45) is 1.52. The lowest BCUT2D eigenvalue weighted by Gasteiger charge is -2.09. The molecule has 1 aromatic heterocycles. The van der Waals surface area contributed by atoms with Gasteiger partial charge in [-0.25, -0.2) is 13.4 Å². The van der Waals surface area contributed by atoms with Gasteiger partial charge in [0.25, 0.3) is 10.0 Å². The standard InChI is InChI=1S/C13H12N2O4S/c1-9-5-6-12(14-8-9)15-20(18,19)11-4-2-3-10(7-11)13(16)17/h2-8H,1H3,(H,14,15)(H,16,17)/p-1. The molecule has 104 valence electrons. The number of rotatable bonds is 4. The Bertz CT molecular complexity index is 739. The van der Waals surface area contributed by atoms with Crippen molar-refractivity contribution in [1.82, 2.24) is 4.98 Å². The van der Waals surface area contributed by atoms with Crippen molar-refractivity contribution >= 4 is 21.8 Å². The number of hydrogen-bond acceptors (Lipinski definition) is 5. The van der Waals surface area contributed by atoms with E-state index in [1.807, 2.05) is 6.92 Å². The third kappa shape index (κ3) is 3.12. The molecule has 0 amide bonds. The Kier molecular flexibility index (Phi) is 3.71. The molecule has 2 rings (SSSR count). The van der Waals surface area contributed by atoms with Gasteiger partial charge >= 0.3 is 0 Å². The van der Waals surface area contributed by atoms with Crippen molar-refractivity contribution in [2.24, 2.45) is 0 Å². The number of anilines is 1. The average molecular weight is 291 g/mol. The van der Waals surface area contributed by atoms with Gasteiger partial charge in [-0.3, -0.25) is 4.72 Å². The second-order valence-corrected chi connectivity index (χ2v) is 5.82. The van der Waals surface area contributed by atoms with Crippen molar-refractivity contribution in [1.29, 1.82) is 0 Å². The number of sulfonamides is 1. The summed E-state index contributed by atoms with van der Waals surface area (Å²) in [5.74, 6) is -1.27. The van der Waals surface area contributed by atoms with Gasteiger partial charge in [0.05, 0.1) is 10.9 Å². The zero-order valence-corrected chi connectivity index (χ0v) is 11.3. The van der Waals surface area contributed by atoms with E-state index in [4.69, 9.17) is 0 Å². The fraction of sp³-hybridized carbons (Fsp3) is 0.0769. The fourth-order valence-electron chi connectivity index (χ4n) is 1.51. The highest BCUT2D eigenvalue weighted by Gasteiger charge is 2.15. The quantitative estimate of drug-likeness (QED) is 0.887. The van der Waals surface area contributed by atoms with Crippen LogP contribution in [0.5, 0.6) is 0 Å². The third-order valence-corrected chi connectivity index (χ3v) is 3.88. The third-order valence-electron chi connectivity index (χ3n) is 2.53. The molecule has 1 heterocycles. The summed E-state index contributed by atoms with van der Waals surface area (Å²) >= 11 is 0. The zero-order valence-electron chi connectivity index (χ0n) is 10.5. The van der Waals surface area contributed by atoms with Crippen LogP contribution in [0.1, 0.15) is 15.9 Å². The molecule has 0 unspecified atom stereocenters. The number of nitrogens with one attached hydrogen (secondary N) is 1. The Labute approximate surface area is 116 Å². The number of aromatic carboxylic acids is 1. The molecule has 6 nitrogen and oxygen atoms in total. The molecular formula is C13H11N2O4S-. The zero-order chi connectivity index (χ0) is 14.8. The predicted molar refractivity (Wildman–Crippen MR) is 70.6 cm³/mol. The maximum Gasteiger partial charge on any atom is 0.263 e. The summed E-state index contributed by atoms with van der Waals surface area (Å²) in [6.45, 7) is 1.83. The Balaban J connectivity index is 2.33. The Hall–Kier alpha value is -2.41. The molecule has 20 heavy (non-hydrogen) atoms. The first-order valence-corrected chi connectivity index (χ1v) is 7.14. The van der Waals surface area contributed by atoms with Gasteiger partial charge in [-0.2, -0.15) is 0 Å². The van der Waals surface area contributed by atoms with Crippen LogP contribution in [0.2, 0.25) is 0 Å². The van der Waals surface area contributed by atoms with Gasteiger partial charge in [0.1, 0.15) is 5.82 Å². The van der Waals surface area contributed by atoms with E-state index in [2.05, 4.69) is 9.71 Å². The smallest absolute Gasteiger partial charge is 0.263 e. The van der Waals surface area contributed by atoms with Gasteiger partial charge < -0.3 is 9.90 Å². The normalized spacial score (nSPS) is 11.1. The van der Waals surface area contributed by atoms with Crippen LogP contribution in [0, 0.1) is 6.92 Å². The van der Waals surface area contributed by atoms with Crippen LogP contribution >= 0.6 is 0 Å². The van der Waals surface area contributed by atoms with Crippen molar-refractivity contribution < 1.29 is 18.3 Å². The molecule has 0 bridgehead atoms. The first-order chi connectivity index (χ1) is 9.38. The molecular weight excluding hydrogens is 280 g/mol. The largest absolute Gasteiger partial charge is 0.545 e. The molecule has 0 atom stereocenters. The summed E-state index contributed by atoms with van der Waals surface area (Å²) in [5, 5.41) is 10.7. The molecule has 0 saturated carbocycles. The maximum atomic E-state index is 12.1. The van der Waals surface area contributed by atoms with Crippen LogP contribution in [-0.2, 0) is 10.0 Å². The molecule has 0 spiro atoms. The second kappa shape index (κ2) is 5.30. The lowest BCUT2D eigenvalue weighted by atomic mass is 10.2. The average Bonchev–Trinajstić information content (AvgIpc) is 2.41. The Morgan fingerprint density at radius 2 is 2.00 bits per heavy atom. The molecule has 7 heteroatoms. The van der Waals surface area contributed by atoms with Gasteiger partial charge in [-0.05, 0) is 36.2 Å². The Morgan fingerprint density at radius 3 is 2.60 bits per heavy atom. The van der Waals surface area contributed by atoms with Crippen molar-refractivity contribution in [3.05, 3.63) is 53.7 Å². The van der Waals surface area contributed by atoms with E-state index < -0.39 is 16.0 Å². The molecule has 1 N–H and O–H groups in total. The molecule has 0 aliphatic heterocycles. The number of carbonyl (C=O) groups excluding carboxylic acids is 1. The van der Waals surface area contributed by atoms with Crippen molar-refractivity contribution in [3.8, 4) is 0 Å². The number of nitrogens with zero attached hydrogens (tertiary/aromatic N) is 1. The molecule has 0 aliphatic carbocycles. The molecule has 2 aromatic rings. The number of benzene rings is 1. The van der Waals surface area contributed by atoms with Crippen molar-refractivity contribution in [2.75, 3.05) is 4.72 Å². The fourth-order valence-corrected chi connectivity index (χ4v) is 2.57. The first kappa shape index (κ1) is 14.0. The van der Waals surface area contributed by atoms with E-state index in [9.17, 15) is 18.3 Å². The van der Waals surface area contributed by atoms with Crippen LogP contribution in [-0.4, -0.2) is 19.4 Å². The van der Waals surface area contributed by atoms with Crippen molar-refractivity contribution in [3.63, 3.8) is 0 Å². The van der Waals surface area contributed by atoms with Crippen molar-refractivity contribution in [2.45, 2.75) is 11.8 Å². The summed E-state index contributed by atoms with van der Waals surface area (Å²) < 4.78 is 26.5. The first-order valence-electron chi connectivity index (χ1n) is 5.65. The van der Waals surface area contributed by atoms with Gasteiger partial charge in [-0.15, -0.1) is 0 Å². The molecule has 0 aliphatic rings. The van der Waals surface area contributed by atoms with Crippen LogP contribution in [0.15, 0.2) is 47.5 Å². The number of hydrogen-bond donors (Lipinski definition) is 1. The molecule has 0 saturated heterocycles. The molecule has 0 fully saturated rings. The summed E-state index contributed by atoms with van der Waals surface area (Å²) in [4.78, 5) is 14.5. The van der Waals surface area contributed by atoms with E-state index >= 15 is 0 Å². The minimum Gasteiger partial charge on any atom is -0.545 e. The van der Waals surface area contributed by atoms with Crippen LogP contribution in [0.4, 0.5) is 5.82 Å². The van der Waals surface area contributed by atoms with Crippen LogP contribution < -0.4 is 9.83 Å². The highest BCUT2D eigenvalue weighted by atomic mass is 32.2. The number of carboxylic acid groups (broad SMARTS) is 1. The highest BCUT2D eigenvalue weighted by Crippen LogP contribution is 2.15. The number of aryl methyl sites for hydroxylation is 1. The van der Waals surface area contributed by atoms with Gasteiger partial charge in [0.15, 0.2) is 0 Å². The topological polar surface area (TPSA) is 99.2 Å². The van der Waals surface area contributed by atoms with Crippen LogP contribution in [0.3, 0.4) is 0 Å². The van der Waals surface area contributed by atoms with E-state index in [1.54, 1.807) is 6.07 Å². The van der Waals surface area contributed by atoms with E-state index in [0.29, 0.717) is 0 Å². The Morgan fingerprint density at radius 1 is 1.25 bits per heavy atom. The highest BCUT2D eigenvalue weighted by molar-refractivity contribution is 7.92. The monoisotopic (exact) mass is 291 g/mol. The summed E-state index contributed by atoms with van der Waals surface area (Å²) in [7, 11) is -3.89. The van der Waals surface area contributed by atoms with Crippen LogP contribution in [0.25, 0.3) is 0 Å². The predicted octanol–water partition coefficient (Wildman–Crippen LogP) is 0.554. The van der Waals surface area contributed by atoms with Gasteiger partial charge in [-0.1, -0.05) is 18.2 Å². The summed E-state index contributed by atoms with van der Waals surface area (Å²) in [5.41, 5.74) is 0.691. The maximum absolute atomic E-state index is 12.1. The minimum atomic E-state index is -3.89. The SMILES string of the molecule is Cc1ccc(NS(=O)(=O)c2cccc(C(=O)[O-])c2)nc1. The molecule has 0 radical (unpaired) electrons. The summed E-state index contributed by atoms with van der Waals surface area (Å²) in [6, 6.07) is 8.16. The molecule has 1 aromatic carbocycles. The number of carboxylic acids is 1. The lowest BCUT2D eigenvalue weighted by Crippen LogP contribution is -2.23. The van der Waals surface area contributed by atoms with E-state index in [0.717, 1.165) is 11.6 Å². The number of carbonyl (C=O) groups is 1. The van der Waals surface area contributed by atoms with E-state index in [1.165, 1.54) is 30.5 Å². The number of aromatic nitrogens is 1. The van der Waals surface area contributed by atoms with Gasteiger partial charge in [0, 0.05) is 6.20 Å². The lowest BCUT2D eigenvalue weighted by molar-refractivity contribution is -0.255. The second-order valence-electron chi connectivity index (χ2n) is 4.14.